The average Bonchev–Trinajstić information content (AvgIpc) is 2.30. The number of pyridine rings is 1. The molecule has 0 aliphatic carbocycles. The van der Waals surface area contributed by atoms with Crippen LogP contribution in [0, 0.1) is 0 Å². The van der Waals surface area contributed by atoms with Crippen LogP contribution in [0.4, 0.5) is 0 Å². The number of carbonyl (C=O) groups is 1. The zero-order valence-electron chi connectivity index (χ0n) is 8.77. The number of hydrogen-bond donors (Lipinski definition) is 1. The second-order valence-corrected chi connectivity index (χ2v) is 2.97. The summed E-state index contributed by atoms with van der Waals surface area (Å²) in [7, 11) is 2.87. The van der Waals surface area contributed by atoms with Crippen LogP contribution in [-0.2, 0) is 9.53 Å². The second kappa shape index (κ2) is 5.31. The normalized spacial score (nSPS) is 11.9. The van der Waals surface area contributed by atoms with Gasteiger partial charge in [-0.2, -0.15) is 0 Å². The molecule has 1 heterocycles. The van der Waals surface area contributed by atoms with Crippen molar-refractivity contribution in [2.75, 3.05) is 20.8 Å². The lowest BCUT2D eigenvalue weighted by atomic mass is 10.0. The fourth-order valence-electron chi connectivity index (χ4n) is 1.25. The Bertz CT molecular complexity index is 341. The van der Waals surface area contributed by atoms with Crippen molar-refractivity contribution in [2.45, 2.75) is 5.92 Å². The number of methoxy groups -OCH3 is 2. The van der Waals surface area contributed by atoms with Crippen LogP contribution in [0.2, 0.25) is 0 Å². The van der Waals surface area contributed by atoms with E-state index in [1.54, 1.807) is 18.5 Å². The fraction of sp³-hybridized carbons (Fsp3) is 0.400. The van der Waals surface area contributed by atoms with E-state index < -0.39 is 5.92 Å². The molecule has 0 aliphatic rings. The molecule has 5 heteroatoms. The highest BCUT2D eigenvalue weighted by molar-refractivity contribution is 5.78. The van der Waals surface area contributed by atoms with Crippen LogP contribution in [0.15, 0.2) is 18.5 Å². The van der Waals surface area contributed by atoms with Crippen molar-refractivity contribution in [1.29, 1.82) is 0 Å². The summed E-state index contributed by atoms with van der Waals surface area (Å²) >= 11 is 0. The summed E-state index contributed by atoms with van der Waals surface area (Å²) in [5.41, 5.74) is 6.20. The van der Waals surface area contributed by atoms with Gasteiger partial charge in [0, 0.05) is 12.7 Å². The van der Waals surface area contributed by atoms with Crippen LogP contribution in [0.3, 0.4) is 0 Å². The smallest absolute Gasteiger partial charge is 0.314 e. The molecule has 5 nitrogen and oxygen atoms in total. The van der Waals surface area contributed by atoms with Gasteiger partial charge in [0.2, 0.25) is 0 Å². The summed E-state index contributed by atoms with van der Waals surface area (Å²) in [6, 6.07) is 1.72. The van der Waals surface area contributed by atoms with Crippen LogP contribution in [-0.4, -0.2) is 31.7 Å². The number of ether oxygens (including phenoxy) is 2. The SMILES string of the molecule is COC(=O)C(CN)c1cncc(OC)c1. The Balaban J connectivity index is 2.96. The summed E-state index contributed by atoms with van der Waals surface area (Å²) in [6.45, 7) is 0.182. The van der Waals surface area contributed by atoms with Gasteiger partial charge in [-0.1, -0.05) is 0 Å². The Morgan fingerprint density at radius 3 is 2.80 bits per heavy atom. The quantitative estimate of drug-likeness (QED) is 0.724. The number of hydrogen-bond acceptors (Lipinski definition) is 5. The zero-order chi connectivity index (χ0) is 11.3. The summed E-state index contributed by atoms with van der Waals surface area (Å²) in [4.78, 5) is 15.3. The van der Waals surface area contributed by atoms with E-state index in [1.165, 1.54) is 14.2 Å². The van der Waals surface area contributed by atoms with Gasteiger partial charge in [0.25, 0.3) is 0 Å². The molecule has 15 heavy (non-hydrogen) atoms. The highest BCUT2D eigenvalue weighted by Crippen LogP contribution is 2.19. The molecule has 1 unspecified atom stereocenters. The van der Waals surface area contributed by atoms with Gasteiger partial charge in [-0.3, -0.25) is 9.78 Å². The maximum atomic E-state index is 11.4. The van der Waals surface area contributed by atoms with Gasteiger partial charge in [0.15, 0.2) is 0 Å². The lowest BCUT2D eigenvalue weighted by Gasteiger charge is -2.12. The van der Waals surface area contributed by atoms with E-state index in [0.717, 1.165) is 0 Å². The number of aromatic nitrogens is 1. The van der Waals surface area contributed by atoms with Gasteiger partial charge in [-0.05, 0) is 11.6 Å². The Morgan fingerprint density at radius 2 is 2.27 bits per heavy atom. The molecule has 2 N–H and O–H groups in total. The van der Waals surface area contributed by atoms with Crippen molar-refractivity contribution >= 4 is 5.97 Å². The van der Waals surface area contributed by atoms with E-state index in [-0.39, 0.29) is 12.5 Å². The third-order valence-electron chi connectivity index (χ3n) is 2.09. The average molecular weight is 210 g/mol. The Morgan fingerprint density at radius 1 is 1.53 bits per heavy atom. The standard InChI is InChI=1S/C10H14N2O3/c1-14-8-3-7(5-12-6-8)9(4-11)10(13)15-2/h3,5-6,9H,4,11H2,1-2H3. The third-order valence-corrected chi connectivity index (χ3v) is 2.09. The lowest BCUT2D eigenvalue weighted by Crippen LogP contribution is -2.22. The van der Waals surface area contributed by atoms with E-state index in [9.17, 15) is 4.79 Å². The van der Waals surface area contributed by atoms with E-state index in [4.69, 9.17) is 10.5 Å². The molecule has 0 saturated carbocycles. The van der Waals surface area contributed by atoms with Crippen molar-refractivity contribution in [3.05, 3.63) is 24.0 Å². The van der Waals surface area contributed by atoms with Crippen LogP contribution in [0.5, 0.6) is 5.75 Å². The van der Waals surface area contributed by atoms with Crippen molar-refractivity contribution in [1.82, 2.24) is 4.98 Å². The van der Waals surface area contributed by atoms with Crippen molar-refractivity contribution in [3.8, 4) is 5.75 Å². The molecule has 0 aromatic carbocycles. The Labute approximate surface area is 88.2 Å². The second-order valence-electron chi connectivity index (χ2n) is 2.97. The highest BCUT2D eigenvalue weighted by Gasteiger charge is 2.20. The van der Waals surface area contributed by atoms with Gasteiger partial charge in [0.05, 0.1) is 26.3 Å². The molecule has 1 atom stereocenters. The van der Waals surface area contributed by atoms with Gasteiger partial charge >= 0.3 is 5.97 Å². The molecule has 0 spiro atoms. The molecule has 0 aliphatic heterocycles. The van der Waals surface area contributed by atoms with Gasteiger partial charge in [0.1, 0.15) is 5.75 Å². The van der Waals surface area contributed by atoms with Gasteiger partial charge < -0.3 is 15.2 Å². The van der Waals surface area contributed by atoms with Crippen molar-refractivity contribution in [2.24, 2.45) is 5.73 Å². The highest BCUT2D eigenvalue weighted by atomic mass is 16.5. The van der Waals surface area contributed by atoms with Gasteiger partial charge in [-0.25, -0.2) is 0 Å². The predicted octanol–water partition coefficient (Wildman–Crippen LogP) is 0.305. The van der Waals surface area contributed by atoms with E-state index >= 15 is 0 Å². The van der Waals surface area contributed by atoms with Crippen molar-refractivity contribution in [3.63, 3.8) is 0 Å². The summed E-state index contributed by atoms with van der Waals surface area (Å²) < 4.78 is 9.65. The maximum Gasteiger partial charge on any atom is 0.314 e. The first kappa shape index (κ1) is 11.5. The summed E-state index contributed by atoms with van der Waals surface area (Å²) in [6.07, 6.45) is 3.14. The molecule has 1 aromatic heterocycles. The Hall–Kier alpha value is -1.62. The minimum Gasteiger partial charge on any atom is -0.495 e. The summed E-state index contributed by atoms with van der Waals surface area (Å²) in [5, 5.41) is 0. The number of nitrogens with two attached hydrogens (primary N) is 1. The van der Waals surface area contributed by atoms with Crippen LogP contribution >= 0.6 is 0 Å². The zero-order valence-corrected chi connectivity index (χ0v) is 8.77. The van der Waals surface area contributed by atoms with Crippen LogP contribution in [0.25, 0.3) is 0 Å². The molecule has 0 amide bonds. The molecule has 1 aromatic rings. The van der Waals surface area contributed by atoms with Crippen LogP contribution < -0.4 is 10.5 Å². The fourth-order valence-corrected chi connectivity index (χ4v) is 1.25. The number of rotatable bonds is 4. The molecular formula is C10H14N2O3. The summed E-state index contributed by atoms with van der Waals surface area (Å²) in [5.74, 6) is -0.264. The molecule has 1 rings (SSSR count). The first-order chi connectivity index (χ1) is 7.22. The molecule has 0 bridgehead atoms. The number of esters is 1. The minimum absolute atomic E-state index is 0.182. The largest absolute Gasteiger partial charge is 0.495 e. The predicted molar refractivity (Wildman–Crippen MR) is 54.6 cm³/mol. The minimum atomic E-state index is -0.488. The van der Waals surface area contributed by atoms with E-state index in [0.29, 0.717) is 11.3 Å². The monoisotopic (exact) mass is 210 g/mol. The lowest BCUT2D eigenvalue weighted by molar-refractivity contribution is -0.142. The first-order valence-corrected chi connectivity index (χ1v) is 4.49. The first-order valence-electron chi connectivity index (χ1n) is 4.49. The number of nitrogens with zero attached hydrogens (tertiary/aromatic N) is 1. The molecule has 82 valence electrons. The molecule has 0 saturated heterocycles. The molecule has 0 radical (unpaired) electrons. The van der Waals surface area contributed by atoms with Gasteiger partial charge in [-0.15, -0.1) is 0 Å². The third kappa shape index (κ3) is 2.66. The topological polar surface area (TPSA) is 74.4 Å². The maximum absolute atomic E-state index is 11.4. The molecular weight excluding hydrogens is 196 g/mol. The number of carbonyl (C=O) groups excluding carboxylic acids is 1. The molecule has 0 fully saturated rings. The van der Waals surface area contributed by atoms with E-state index in [1.807, 2.05) is 0 Å². The van der Waals surface area contributed by atoms with E-state index in [2.05, 4.69) is 9.72 Å². The van der Waals surface area contributed by atoms with Crippen LogP contribution in [0.1, 0.15) is 11.5 Å². The Kier molecular flexibility index (Phi) is 4.05. The van der Waals surface area contributed by atoms with Crippen molar-refractivity contribution < 1.29 is 14.3 Å².